The van der Waals surface area contributed by atoms with Crippen LogP contribution in [0, 0.1) is 0 Å². The molecule has 0 bridgehead atoms. The van der Waals surface area contributed by atoms with Gasteiger partial charge in [-0.25, -0.2) is 0 Å². The number of hydrogen-bond acceptors (Lipinski definition) is 2. The summed E-state index contributed by atoms with van der Waals surface area (Å²) in [4.78, 5) is 0. The van der Waals surface area contributed by atoms with E-state index in [1.165, 1.54) is 18.4 Å². The molecule has 3 aromatic rings. The smallest absolute Gasteiger partial charge is 0.177 e. The molecule has 2 nitrogen and oxygen atoms in total. The third kappa shape index (κ3) is 4.21. The summed E-state index contributed by atoms with van der Waals surface area (Å²) in [5.41, 5.74) is 3.26. The van der Waals surface area contributed by atoms with Gasteiger partial charge in [-0.05, 0) is 42.2 Å². The molecule has 0 heterocycles. The first kappa shape index (κ1) is 17.1. The Hall–Kier alpha value is -2.74. The fourth-order valence-corrected chi connectivity index (χ4v) is 3.02. The SMILES string of the molecule is CCCCCc1ccc(O)c(Oc2ccccc2)c1-c1ccccc1. The van der Waals surface area contributed by atoms with Gasteiger partial charge in [-0.1, -0.05) is 74.4 Å². The van der Waals surface area contributed by atoms with E-state index in [0.29, 0.717) is 5.75 Å². The lowest BCUT2D eigenvalue weighted by Crippen LogP contribution is -1.96. The maximum atomic E-state index is 10.5. The summed E-state index contributed by atoms with van der Waals surface area (Å²) < 4.78 is 6.09. The van der Waals surface area contributed by atoms with Gasteiger partial charge in [0.15, 0.2) is 11.5 Å². The zero-order chi connectivity index (χ0) is 17.5. The molecule has 0 spiro atoms. The molecular formula is C23H24O2. The van der Waals surface area contributed by atoms with E-state index in [-0.39, 0.29) is 5.75 Å². The fraction of sp³-hybridized carbons (Fsp3) is 0.217. The Balaban J connectivity index is 2.06. The number of benzene rings is 3. The molecule has 25 heavy (non-hydrogen) atoms. The van der Waals surface area contributed by atoms with Gasteiger partial charge in [0.1, 0.15) is 5.75 Å². The number of hydrogen-bond donors (Lipinski definition) is 1. The third-order valence-electron chi connectivity index (χ3n) is 4.30. The lowest BCUT2D eigenvalue weighted by atomic mass is 9.94. The molecule has 1 N–H and O–H groups in total. The summed E-state index contributed by atoms with van der Waals surface area (Å²) in [5, 5.41) is 10.5. The standard InChI is InChI=1S/C23H24O2/c1-2-3-6-11-19-16-17-21(24)23(25-20-14-9-5-10-15-20)22(19)18-12-7-4-8-13-18/h4-5,7-10,12-17,24H,2-3,6,11H2,1H3. The highest BCUT2D eigenvalue weighted by Gasteiger charge is 2.17. The minimum atomic E-state index is 0.168. The van der Waals surface area contributed by atoms with Crippen LogP contribution in [0.1, 0.15) is 31.7 Å². The van der Waals surface area contributed by atoms with Crippen LogP contribution in [-0.2, 0) is 6.42 Å². The first-order valence-corrected chi connectivity index (χ1v) is 8.92. The van der Waals surface area contributed by atoms with Gasteiger partial charge < -0.3 is 9.84 Å². The quantitative estimate of drug-likeness (QED) is 0.495. The largest absolute Gasteiger partial charge is 0.504 e. The Morgan fingerprint density at radius 1 is 0.800 bits per heavy atom. The maximum Gasteiger partial charge on any atom is 0.177 e. The van der Waals surface area contributed by atoms with Crippen LogP contribution in [0.3, 0.4) is 0 Å². The van der Waals surface area contributed by atoms with Crippen molar-refractivity contribution < 1.29 is 9.84 Å². The Kier molecular flexibility index (Phi) is 5.73. The van der Waals surface area contributed by atoms with Crippen LogP contribution in [0.4, 0.5) is 0 Å². The van der Waals surface area contributed by atoms with E-state index in [2.05, 4.69) is 19.1 Å². The Bertz CT molecular complexity index is 795. The summed E-state index contributed by atoms with van der Waals surface area (Å²) in [5.74, 6) is 1.43. The van der Waals surface area contributed by atoms with Crippen LogP contribution < -0.4 is 4.74 Å². The van der Waals surface area contributed by atoms with E-state index in [9.17, 15) is 5.11 Å². The number of phenols is 1. The minimum absolute atomic E-state index is 0.168. The van der Waals surface area contributed by atoms with Crippen molar-refractivity contribution in [2.45, 2.75) is 32.6 Å². The molecule has 3 aromatic carbocycles. The lowest BCUT2D eigenvalue weighted by Gasteiger charge is -2.17. The molecule has 128 valence electrons. The van der Waals surface area contributed by atoms with Gasteiger partial charge in [-0.2, -0.15) is 0 Å². The molecule has 3 rings (SSSR count). The minimum Gasteiger partial charge on any atom is -0.504 e. The average Bonchev–Trinajstić information content (AvgIpc) is 2.66. The van der Waals surface area contributed by atoms with Crippen molar-refractivity contribution in [2.75, 3.05) is 0 Å². The second-order valence-electron chi connectivity index (χ2n) is 6.19. The van der Waals surface area contributed by atoms with Crippen LogP contribution in [0.25, 0.3) is 11.1 Å². The topological polar surface area (TPSA) is 29.5 Å². The van der Waals surface area contributed by atoms with Crippen LogP contribution in [0.15, 0.2) is 72.8 Å². The first-order chi connectivity index (χ1) is 12.3. The van der Waals surface area contributed by atoms with Crippen LogP contribution in [0.2, 0.25) is 0 Å². The van der Waals surface area contributed by atoms with Gasteiger partial charge in [-0.3, -0.25) is 0 Å². The van der Waals surface area contributed by atoms with Crippen molar-refractivity contribution in [3.05, 3.63) is 78.4 Å². The van der Waals surface area contributed by atoms with Gasteiger partial charge >= 0.3 is 0 Å². The van der Waals surface area contributed by atoms with Crippen LogP contribution >= 0.6 is 0 Å². The van der Waals surface area contributed by atoms with Crippen molar-refractivity contribution in [1.29, 1.82) is 0 Å². The molecule has 0 aliphatic carbocycles. The first-order valence-electron chi connectivity index (χ1n) is 8.92. The van der Waals surface area contributed by atoms with Crippen LogP contribution in [0.5, 0.6) is 17.2 Å². The second kappa shape index (κ2) is 8.39. The number of phenolic OH excluding ortho intramolecular Hbond substituents is 1. The molecule has 0 amide bonds. The molecule has 0 saturated heterocycles. The third-order valence-corrected chi connectivity index (χ3v) is 4.30. The highest BCUT2D eigenvalue weighted by Crippen LogP contribution is 2.43. The average molecular weight is 332 g/mol. The summed E-state index contributed by atoms with van der Waals surface area (Å²) in [6.07, 6.45) is 4.49. The van der Waals surface area contributed by atoms with Gasteiger partial charge in [-0.15, -0.1) is 0 Å². The number of ether oxygens (including phenoxy) is 1. The summed E-state index contributed by atoms with van der Waals surface area (Å²) in [6.45, 7) is 2.21. The van der Waals surface area contributed by atoms with Crippen molar-refractivity contribution in [2.24, 2.45) is 0 Å². The number of aromatic hydroxyl groups is 1. The van der Waals surface area contributed by atoms with Crippen molar-refractivity contribution in [1.82, 2.24) is 0 Å². The maximum absolute atomic E-state index is 10.5. The van der Waals surface area contributed by atoms with E-state index in [0.717, 1.165) is 29.7 Å². The van der Waals surface area contributed by atoms with Crippen molar-refractivity contribution in [3.63, 3.8) is 0 Å². The molecular weight excluding hydrogens is 308 g/mol. The number of aryl methyl sites for hydroxylation is 1. The second-order valence-corrected chi connectivity index (χ2v) is 6.19. The monoisotopic (exact) mass is 332 g/mol. The molecule has 0 atom stereocenters. The predicted octanol–water partition coefficient (Wildman–Crippen LogP) is 6.58. The molecule has 0 aliphatic heterocycles. The summed E-state index contributed by atoms with van der Waals surface area (Å²) in [7, 11) is 0. The lowest BCUT2D eigenvalue weighted by molar-refractivity contribution is 0.412. The van der Waals surface area contributed by atoms with E-state index in [1.54, 1.807) is 6.07 Å². The van der Waals surface area contributed by atoms with Gasteiger partial charge in [0.05, 0.1) is 0 Å². The summed E-state index contributed by atoms with van der Waals surface area (Å²) in [6, 6.07) is 23.5. The molecule has 0 radical (unpaired) electrons. The fourth-order valence-electron chi connectivity index (χ4n) is 3.02. The predicted molar refractivity (Wildman–Crippen MR) is 103 cm³/mol. The Morgan fingerprint density at radius 3 is 2.16 bits per heavy atom. The molecule has 0 aliphatic rings. The highest BCUT2D eigenvalue weighted by atomic mass is 16.5. The van der Waals surface area contributed by atoms with Crippen molar-refractivity contribution >= 4 is 0 Å². The Labute approximate surface area is 149 Å². The number of unbranched alkanes of at least 4 members (excludes halogenated alkanes) is 2. The number of para-hydroxylation sites is 1. The van der Waals surface area contributed by atoms with Crippen LogP contribution in [-0.4, -0.2) is 5.11 Å². The van der Waals surface area contributed by atoms with Crippen molar-refractivity contribution in [3.8, 4) is 28.4 Å². The highest BCUT2D eigenvalue weighted by molar-refractivity contribution is 5.77. The zero-order valence-corrected chi connectivity index (χ0v) is 14.6. The molecule has 0 unspecified atom stereocenters. The number of rotatable bonds is 7. The zero-order valence-electron chi connectivity index (χ0n) is 14.6. The normalized spacial score (nSPS) is 10.6. The van der Waals surface area contributed by atoms with Gasteiger partial charge in [0, 0.05) is 5.56 Å². The molecule has 0 fully saturated rings. The van der Waals surface area contributed by atoms with E-state index in [1.807, 2.05) is 54.6 Å². The molecule has 0 aromatic heterocycles. The van der Waals surface area contributed by atoms with Gasteiger partial charge in [0.2, 0.25) is 0 Å². The van der Waals surface area contributed by atoms with Gasteiger partial charge in [0.25, 0.3) is 0 Å². The molecule has 0 saturated carbocycles. The Morgan fingerprint density at radius 2 is 1.48 bits per heavy atom. The molecule has 2 heteroatoms. The summed E-state index contributed by atoms with van der Waals surface area (Å²) >= 11 is 0. The van der Waals surface area contributed by atoms with E-state index < -0.39 is 0 Å². The van der Waals surface area contributed by atoms with E-state index in [4.69, 9.17) is 4.74 Å². The van der Waals surface area contributed by atoms with E-state index >= 15 is 0 Å².